The van der Waals surface area contributed by atoms with E-state index in [4.69, 9.17) is 0 Å². The molecule has 2 rings (SSSR count). The van der Waals surface area contributed by atoms with Gasteiger partial charge in [-0.25, -0.2) is 13.4 Å². The Morgan fingerprint density at radius 2 is 2.35 bits per heavy atom. The number of nitrogens with zero attached hydrogens (tertiary/aromatic N) is 3. The number of rotatable bonds is 4. The summed E-state index contributed by atoms with van der Waals surface area (Å²) >= 11 is 0. The first-order valence-electron chi connectivity index (χ1n) is 5.70. The van der Waals surface area contributed by atoms with Crippen LogP contribution in [-0.2, 0) is 17.1 Å². The smallest absolute Gasteiger partial charge is 0.262 e. The van der Waals surface area contributed by atoms with Crippen LogP contribution in [0, 0.1) is 0 Å². The van der Waals surface area contributed by atoms with Crippen molar-refractivity contribution in [3.63, 3.8) is 0 Å². The minimum Gasteiger partial charge on any atom is -0.339 e. The highest BCUT2D eigenvalue weighted by Gasteiger charge is 2.35. The summed E-state index contributed by atoms with van der Waals surface area (Å²) in [5.74, 6) is 0. The molecule has 0 bridgehead atoms. The fraction of sp³-hybridized carbons (Fsp3) is 0.700. The van der Waals surface area contributed by atoms with Crippen LogP contribution in [0.25, 0.3) is 0 Å². The highest BCUT2D eigenvalue weighted by Crippen LogP contribution is 2.24. The van der Waals surface area contributed by atoms with Gasteiger partial charge in [-0.3, -0.25) is 0 Å². The molecule has 1 unspecified atom stereocenters. The molecule has 7 heteroatoms. The highest BCUT2D eigenvalue weighted by molar-refractivity contribution is 7.89. The van der Waals surface area contributed by atoms with Crippen LogP contribution in [0.15, 0.2) is 17.6 Å². The molecule has 96 valence electrons. The highest BCUT2D eigenvalue weighted by atomic mass is 32.2. The largest absolute Gasteiger partial charge is 0.339 e. The summed E-state index contributed by atoms with van der Waals surface area (Å²) in [7, 11) is 0.174. The Morgan fingerprint density at radius 3 is 2.94 bits per heavy atom. The fourth-order valence-corrected chi connectivity index (χ4v) is 3.87. The second-order valence-corrected chi connectivity index (χ2v) is 6.18. The van der Waals surface area contributed by atoms with Crippen molar-refractivity contribution < 1.29 is 8.42 Å². The van der Waals surface area contributed by atoms with Crippen molar-refractivity contribution in [1.82, 2.24) is 19.2 Å². The summed E-state index contributed by atoms with van der Waals surface area (Å²) in [6.45, 7) is 1.28. The maximum Gasteiger partial charge on any atom is 0.262 e. The van der Waals surface area contributed by atoms with E-state index in [2.05, 4.69) is 10.3 Å². The van der Waals surface area contributed by atoms with Gasteiger partial charge in [0.25, 0.3) is 10.0 Å². The number of nitrogens with one attached hydrogen (secondary N) is 1. The van der Waals surface area contributed by atoms with Gasteiger partial charge in [0.2, 0.25) is 0 Å². The van der Waals surface area contributed by atoms with Crippen LogP contribution in [0.3, 0.4) is 0 Å². The lowest BCUT2D eigenvalue weighted by atomic mass is 10.2. The topological polar surface area (TPSA) is 67.2 Å². The zero-order chi connectivity index (χ0) is 12.5. The van der Waals surface area contributed by atoms with E-state index in [0.717, 1.165) is 12.8 Å². The molecule has 1 aliphatic rings. The lowest BCUT2D eigenvalue weighted by Crippen LogP contribution is -2.40. The van der Waals surface area contributed by atoms with Crippen molar-refractivity contribution in [3.8, 4) is 0 Å². The number of hydrogen-bond acceptors (Lipinski definition) is 4. The van der Waals surface area contributed by atoms with Gasteiger partial charge < -0.3 is 9.88 Å². The zero-order valence-electron chi connectivity index (χ0n) is 10.1. The summed E-state index contributed by atoms with van der Waals surface area (Å²) in [5, 5.41) is 3.18. The minimum atomic E-state index is -3.43. The van der Waals surface area contributed by atoms with Gasteiger partial charge in [0, 0.05) is 32.4 Å². The van der Waals surface area contributed by atoms with Crippen LogP contribution in [0.2, 0.25) is 0 Å². The molecule has 0 saturated carbocycles. The molecule has 1 N–H and O–H groups in total. The molecule has 0 amide bonds. The average molecular weight is 258 g/mol. The summed E-state index contributed by atoms with van der Waals surface area (Å²) in [6.07, 6.45) is 4.88. The summed E-state index contributed by atoms with van der Waals surface area (Å²) < 4.78 is 27.9. The third-order valence-electron chi connectivity index (χ3n) is 3.02. The predicted molar refractivity (Wildman–Crippen MR) is 64.0 cm³/mol. The van der Waals surface area contributed by atoms with E-state index in [9.17, 15) is 8.42 Å². The Kier molecular flexibility index (Phi) is 3.50. The van der Waals surface area contributed by atoms with Crippen molar-refractivity contribution >= 4 is 10.0 Å². The summed E-state index contributed by atoms with van der Waals surface area (Å²) in [4.78, 5) is 3.94. The van der Waals surface area contributed by atoms with E-state index in [1.807, 2.05) is 7.05 Å². The van der Waals surface area contributed by atoms with E-state index in [-0.39, 0.29) is 11.1 Å². The number of imidazole rings is 1. The van der Waals surface area contributed by atoms with E-state index >= 15 is 0 Å². The maximum absolute atomic E-state index is 12.4. The Hall–Kier alpha value is -0.920. The van der Waals surface area contributed by atoms with Gasteiger partial charge in [0.05, 0.1) is 6.33 Å². The van der Waals surface area contributed by atoms with Crippen LogP contribution in [0.5, 0.6) is 0 Å². The average Bonchev–Trinajstić information content (AvgIpc) is 2.87. The van der Waals surface area contributed by atoms with Gasteiger partial charge >= 0.3 is 0 Å². The summed E-state index contributed by atoms with van der Waals surface area (Å²) in [5.41, 5.74) is 0. The predicted octanol–water partition coefficient (Wildman–Crippen LogP) is -0.207. The molecule has 1 aliphatic heterocycles. The van der Waals surface area contributed by atoms with E-state index in [0.29, 0.717) is 13.1 Å². The number of likely N-dealkylation sites (N-methyl/N-ethyl adjacent to an activating group) is 1. The van der Waals surface area contributed by atoms with Crippen molar-refractivity contribution in [2.24, 2.45) is 7.05 Å². The number of hydrogen-bond donors (Lipinski definition) is 1. The molecule has 1 fully saturated rings. The lowest BCUT2D eigenvalue weighted by Gasteiger charge is -2.22. The van der Waals surface area contributed by atoms with Crippen LogP contribution < -0.4 is 5.32 Å². The molecule has 0 aliphatic carbocycles. The molecule has 1 aromatic rings. The number of aromatic nitrogens is 2. The summed E-state index contributed by atoms with van der Waals surface area (Å²) in [6, 6.07) is 0.0482. The van der Waals surface area contributed by atoms with Crippen molar-refractivity contribution in [2.75, 3.05) is 20.1 Å². The molecule has 17 heavy (non-hydrogen) atoms. The molecule has 1 aromatic heterocycles. The SMILES string of the molecule is CNCC1CCCN1S(=O)(=O)c1cn(C)cn1. The quantitative estimate of drug-likeness (QED) is 0.811. The fourth-order valence-electron chi connectivity index (χ4n) is 2.21. The second-order valence-electron chi connectivity index (χ2n) is 4.35. The lowest BCUT2D eigenvalue weighted by molar-refractivity contribution is 0.378. The van der Waals surface area contributed by atoms with Crippen molar-refractivity contribution in [1.29, 1.82) is 0 Å². The molecule has 0 aromatic carbocycles. The van der Waals surface area contributed by atoms with Crippen LogP contribution >= 0.6 is 0 Å². The third kappa shape index (κ3) is 2.36. The first-order chi connectivity index (χ1) is 8.05. The Labute approximate surface area is 102 Å². The Balaban J connectivity index is 2.26. The molecule has 0 radical (unpaired) electrons. The van der Waals surface area contributed by atoms with Gasteiger partial charge in [0.15, 0.2) is 5.03 Å². The van der Waals surface area contributed by atoms with E-state index in [1.165, 1.54) is 6.33 Å². The van der Waals surface area contributed by atoms with Gasteiger partial charge in [-0.15, -0.1) is 0 Å². The number of aryl methyl sites for hydroxylation is 1. The monoisotopic (exact) mass is 258 g/mol. The Morgan fingerprint density at radius 1 is 1.59 bits per heavy atom. The van der Waals surface area contributed by atoms with Gasteiger partial charge in [-0.05, 0) is 19.9 Å². The van der Waals surface area contributed by atoms with Crippen molar-refractivity contribution in [2.45, 2.75) is 23.9 Å². The Bertz CT molecular complexity index is 482. The van der Waals surface area contributed by atoms with Crippen LogP contribution in [-0.4, -0.2) is 48.5 Å². The van der Waals surface area contributed by atoms with E-state index in [1.54, 1.807) is 22.1 Å². The molecule has 1 saturated heterocycles. The number of sulfonamides is 1. The van der Waals surface area contributed by atoms with Gasteiger partial charge in [0.1, 0.15) is 0 Å². The standard InChI is InChI=1S/C10H18N4O2S/c1-11-6-9-4-3-5-14(9)17(15,16)10-7-13(2)8-12-10/h7-9,11H,3-6H2,1-2H3. The molecule has 2 heterocycles. The van der Waals surface area contributed by atoms with Crippen molar-refractivity contribution in [3.05, 3.63) is 12.5 Å². The van der Waals surface area contributed by atoms with Gasteiger partial charge in [-0.1, -0.05) is 0 Å². The molecule has 1 atom stereocenters. The second kappa shape index (κ2) is 4.75. The minimum absolute atomic E-state index is 0.0482. The maximum atomic E-state index is 12.4. The van der Waals surface area contributed by atoms with Crippen LogP contribution in [0.1, 0.15) is 12.8 Å². The molecule has 0 spiro atoms. The first kappa shape index (κ1) is 12.5. The normalized spacial score (nSPS) is 22.1. The molecular weight excluding hydrogens is 240 g/mol. The van der Waals surface area contributed by atoms with Gasteiger partial charge in [-0.2, -0.15) is 4.31 Å². The molecular formula is C10H18N4O2S. The zero-order valence-corrected chi connectivity index (χ0v) is 10.9. The third-order valence-corrected chi connectivity index (χ3v) is 4.85. The molecule has 6 nitrogen and oxygen atoms in total. The first-order valence-corrected chi connectivity index (χ1v) is 7.14. The van der Waals surface area contributed by atoms with Crippen LogP contribution in [0.4, 0.5) is 0 Å². The van der Waals surface area contributed by atoms with E-state index < -0.39 is 10.0 Å².